The molecule has 1 N–H and O–H groups in total. The highest BCUT2D eigenvalue weighted by atomic mass is 32.2. The van der Waals surface area contributed by atoms with Crippen LogP contribution in [0, 0.1) is 6.92 Å². The van der Waals surface area contributed by atoms with E-state index in [0.29, 0.717) is 25.3 Å². The van der Waals surface area contributed by atoms with Crippen molar-refractivity contribution in [3.8, 4) is 5.75 Å². The van der Waals surface area contributed by atoms with Crippen LogP contribution in [0.1, 0.15) is 35.1 Å². The summed E-state index contributed by atoms with van der Waals surface area (Å²) < 4.78 is 11.7. The molecule has 7 nitrogen and oxygen atoms in total. The van der Waals surface area contributed by atoms with Gasteiger partial charge in [-0.3, -0.25) is 9.59 Å². The van der Waals surface area contributed by atoms with Gasteiger partial charge in [-0.15, -0.1) is 0 Å². The minimum Gasteiger partial charge on any atom is -0.493 e. The number of ether oxygens (including phenoxy) is 1. The molecule has 2 atom stereocenters. The normalized spacial score (nSPS) is 16.8. The van der Waals surface area contributed by atoms with E-state index in [2.05, 4.69) is 22.2 Å². The molecule has 1 aromatic carbocycles. The number of carbonyl (C=O) groups excluding carboxylic acids is 2. The molecule has 4 rings (SSSR count). The zero-order valence-corrected chi connectivity index (χ0v) is 19.4. The third-order valence-corrected chi connectivity index (χ3v) is 6.76. The first-order chi connectivity index (χ1) is 15.5. The van der Waals surface area contributed by atoms with E-state index in [1.165, 1.54) is 0 Å². The highest BCUT2D eigenvalue weighted by Crippen LogP contribution is 2.33. The van der Waals surface area contributed by atoms with Crippen molar-refractivity contribution in [2.45, 2.75) is 43.0 Å². The van der Waals surface area contributed by atoms with Gasteiger partial charge in [0.1, 0.15) is 17.6 Å². The molecule has 1 aliphatic rings. The molecule has 32 heavy (non-hydrogen) atoms. The predicted octanol–water partition coefficient (Wildman–Crippen LogP) is 4.75. The number of oxazole rings is 1. The van der Waals surface area contributed by atoms with Gasteiger partial charge in [0.15, 0.2) is 0 Å². The molecule has 0 radical (unpaired) electrons. The van der Waals surface area contributed by atoms with Crippen molar-refractivity contribution in [1.82, 2.24) is 15.3 Å². The Morgan fingerprint density at radius 3 is 2.72 bits per heavy atom. The smallest absolute Gasteiger partial charge is 0.287 e. The zero-order valence-electron chi connectivity index (χ0n) is 17.7. The van der Waals surface area contributed by atoms with E-state index < -0.39 is 6.04 Å². The van der Waals surface area contributed by atoms with Gasteiger partial charge < -0.3 is 14.5 Å². The molecule has 1 amide bonds. The Morgan fingerprint density at radius 1 is 1.22 bits per heavy atom. The number of hydrogen-bond acceptors (Lipinski definition) is 8. The number of nitrogens with zero attached hydrogens (tertiary/aromatic N) is 2. The molecule has 0 bridgehead atoms. The number of pyridine rings is 1. The number of benzene rings is 1. The van der Waals surface area contributed by atoms with Crippen LogP contribution in [-0.2, 0) is 17.6 Å². The fraction of sp³-hybridized carbons (Fsp3) is 0.304. The first kappa shape index (κ1) is 22.4. The van der Waals surface area contributed by atoms with Crippen molar-refractivity contribution in [3.63, 3.8) is 0 Å². The van der Waals surface area contributed by atoms with Gasteiger partial charge in [0, 0.05) is 30.8 Å². The summed E-state index contributed by atoms with van der Waals surface area (Å²) in [6, 6.07) is 12.9. The van der Waals surface area contributed by atoms with Crippen LogP contribution >= 0.6 is 23.5 Å². The van der Waals surface area contributed by atoms with E-state index in [1.54, 1.807) is 18.0 Å². The molecule has 2 aromatic heterocycles. The molecular formula is C23H23N3O4S2. The van der Waals surface area contributed by atoms with Gasteiger partial charge in [-0.25, -0.2) is 9.97 Å². The largest absolute Gasteiger partial charge is 0.493 e. The molecule has 3 heterocycles. The van der Waals surface area contributed by atoms with Crippen molar-refractivity contribution in [2.24, 2.45) is 0 Å². The van der Waals surface area contributed by atoms with Crippen molar-refractivity contribution in [3.05, 3.63) is 71.6 Å². The minimum absolute atomic E-state index is 0.0562. The lowest BCUT2D eigenvalue weighted by molar-refractivity contribution is -0.112. The average Bonchev–Trinajstić information content (AvgIpc) is 3.31. The molecule has 3 aromatic rings. The van der Waals surface area contributed by atoms with E-state index in [9.17, 15) is 9.59 Å². The van der Waals surface area contributed by atoms with Crippen LogP contribution in [0.15, 0.2) is 58.1 Å². The maximum Gasteiger partial charge on any atom is 0.287 e. The summed E-state index contributed by atoms with van der Waals surface area (Å²) in [5.74, 6) is 2.23. The molecule has 0 aliphatic carbocycles. The van der Waals surface area contributed by atoms with Crippen molar-refractivity contribution in [1.29, 1.82) is 0 Å². The third-order valence-electron chi connectivity index (χ3n) is 4.93. The molecule has 166 valence electrons. The lowest BCUT2D eigenvalue weighted by Crippen LogP contribution is -2.30. The summed E-state index contributed by atoms with van der Waals surface area (Å²) in [4.78, 5) is 32.0. The van der Waals surface area contributed by atoms with Gasteiger partial charge in [-0.2, -0.15) is 0 Å². The van der Waals surface area contributed by atoms with Crippen molar-refractivity contribution < 1.29 is 18.7 Å². The molecule has 2 unspecified atom stereocenters. The molecular weight excluding hydrogens is 446 g/mol. The van der Waals surface area contributed by atoms with Gasteiger partial charge in [0.2, 0.25) is 11.0 Å². The Morgan fingerprint density at radius 2 is 2.03 bits per heavy atom. The molecule has 9 heteroatoms. The van der Waals surface area contributed by atoms with Crippen molar-refractivity contribution in [2.75, 3.05) is 6.61 Å². The number of carbonyl (C=O) groups is 2. The van der Waals surface area contributed by atoms with E-state index in [1.807, 2.05) is 49.4 Å². The fourth-order valence-corrected chi connectivity index (χ4v) is 4.77. The lowest BCUT2D eigenvalue weighted by atomic mass is 10.1. The number of thioether (sulfide) groups is 2. The van der Waals surface area contributed by atoms with Gasteiger partial charge in [-0.05, 0) is 43.7 Å². The predicted molar refractivity (Wildman–Crippen MR) is 124 cm³/mol. The van der Waals surface area contributed by atoms with Gasteiger partial charge in [0.25, 0.3) is 5.24 Å². The number of rotatable bonds is 9. The fourth-order valence-electron chi connectivity index (χ4n) is 3.25. The molecule has 1 saturated heterocycles. The third kappa shape index (κ3) is 5.72. The molecule has 1 aliphatic heterocycles. The maximum absolute atomic E-state index is 11.7. The number of aryl methyl sites for hydroxylation is 1. The standard InChI is InChI=1S/C23H23N3O4S2/c1-14-18(25-21(30-14)15(2)31-20-5-3-4-11-24-20)10-12-29-17-8-6-16(7-9-17)13-19-22(27)32-23(28)26-19/h3-9,11,15,19H,10,12-13H2,1-2H3,(H,26,28). The van der Waals surface area contributed by atoms with E-state index >= 15 is 0 Å². The second-order valence-corrected chi connectivity index (χ2v) is 9.67. The lowest BCUT2D eigenvalue weighted by Gasteiger charge is -2.09. The van der Waals surface area contributed by atoms with Crippen LogP contribution in [0.25, 0.3) is 0 Å². The maximum atomic E-state index is 11.7. The zero-order chi connectivity index (χ0) is 22.5. The van der Waals surface area contributed by atoms with Crippen LogP contribution in [0.2, 0.25) is 0 Å². The molecule has 0 saturated carbocycles. The summed E-state index contributed by atoms with van der Waals surface area (Å²) in [5.41, 5.74) is 1.85. The SMILES string of the molecule is Cc1oc(C(C)Sc2ccccn2)nc1CCOc1ccc(CC2NC(=O)SC2=O)cc1. The first-order valence-electron chi connectivity index (χ1n) is 10.3. The summed E-state index contributed by atoms with van der Waals surface area (Å²) >= 11 is 2.34. The molecule has 0 spiro atoms. The van der Waals surface area contributed by atoms with Crippen LogP contribution in [0.5, 0.6) is 5.75 Å². The van der Waals surface area contributed by atoms with E-state index in [0.717, 1.165) is 39.6 Å². The Bertz CT molecular complexity index is 1090. The second kappa shape index (κ2) is 10.2. The van der Waals surface area contributed by atoms with Crippen molar-refractivity contribution >= 4 is 33.9 Å². The van der Waals surface area contributed by atoms with Crippen LogP contribution in [-0.4, -0.2) is 33.0 Å². The van der Waals surface area contributed by atoms with E-state index in [4.69, 9.17) is 9.15 Å². The number of aromatic nitrogens is 2. The Hall–Kier alpha value is -2.78. The highest BCUT2D eigenvalue weighted by Gasteiger charge is 2.31. The Kier molecular flexibility index (Phi) is 7.16. The first-order valence-corrected chi connectivity index (χ1v) is 12.0. The minimum atomic E-state index is -0.457. The Balaban J connectivity index is 1.27. The monoisotopic (exact) mass is 469 g/mol. The van der Waals surface area contributed by atoms with Crippen LogP contribution < -0.4 is 10.1 Å². The summed E-state index contributed by atoms with van der Waals surface area (Å²) in [6.07, 6.45) is 2.89. The van der Waals surface area contributed by atoms with Crippen LogP contribution in [0.3, 0.4) is 0 Å². The summed E-state index contributed by atoms with van der Waals surface area (Å²) in [6.45, 7) is 4.44. The topological polar surface area (TPSA) is 94.3 Å². The number of nitrogens with one attached hydrogen (secondary N) is 1. The highest BCUT2D eigenvalue weighted by molar-refractivity contribution is 8.26. The average molecular weight is 470 g/mol. The number of amides is 1. The van der Waals surface area contributed by atoms with E-state index in [-0.39, 0.29) is 15.6 Å². The summed E-state index contributed by atoms with van der Waals surface area (Å²) in [5, 5.41) is 3.24. The quantitative estimate of drug-likeness (QED) is 0.449. The van der Waals surface area contributed by atoms with Gasteiger partial charge in [-0.1, -0.05) is 30.0 Å². The summed E-state index contributed by atoms with van der Waals surface area (Å²) in [7, 11) is 0. The number of hydrogen-bond donors (Lipinski definition) is 1. The Labute approximate surface area is 194 Å². The molecule has 1 fully saturated rings. The second-order valence-electron chi connectivity index (χ2n) is 7.34. The van der Waals surface area contributed by atoms with Gasteiger partial charge in [0.05, 0.1) is 22.6 Å². The van der Waals surface area contributed by atoms with Gasteiger partial charge >= 0.3 is 0 Å². The van der Waals surface area contributed by atoms with Crippen LogP contribution in [0.4, 0.5) is 4.79 Å².